The van der Waals surface area contributed by atoms with Gasteiger partial charge in [0, 0.05) is 31.1 Å². The molecule has 1 N–H and O–H groups in total. The van der Waals surface area contributed by atoms with E-state index in [9.17, 15) is 0 Å². The quantitative estimate of drug-likeness (QED) is 0.682. The van der Waals surface area contributed by atoms with E-state index >= 15 is 0 Å². The monoisotopic (exact) mass is 178 g/mol. The van der Waals surface area contributed by atoms with Gasteiger partial charge in [0.1, 0.15) is 0 Å². The largest absolute Gasteiger partial charge is 0.314 e. The molecule has 5 heteroatoms. The van der Waals surface area contributed by atoms with E-state index in [1.54, 1.807) is 24.0 Å². The standard InChI is InChI=1S/C8H10N4O/c1-11(13)5-7-4-9-8-2-3-10-12(8)6-7/h2-4,6,13H,5H2,1H3. The summed E-state index contributed by atoms with van der Waals surface area (Å²) in [4.78, 5) is 4.16. The fourth-order valence-electron chi connectivity index (χ4n) is 1.19. The molecule has 0 unspecified atom stereocenters. The van der Waals surface area contributed by atoms with Gasteiger partial charge in [-0.2, -0.15) is 10.2 Å². The second-order valence-electron chi connectivity index (χ2n) is 2.91. The lowest BCUT2D eigenvalue weighted by atomic mass is 10.3. The third-order valence-electron chi connectivity index (χ3n) is 1.71. The van der Waals surface area contributed by atoms with Crippen molar-refractivity contribution < 1.29 is 5.21 Å². The van der Waals surface area contributed by atoms with E-state index in [4.69, 9.17) is 5.21 Å². The Labute approximate surface area is 75.2 Å². The smallest absolute Gasteiger partial charge is 0.154 e. The molecule has 0 aliphatic heterocycles. The Bertz CT molecular complexity index is 409. The lowest BCUT2D eigenvalue weighted by molar-refractivity contribution is -0.0733. The highest BCUT2D eigenvalue weighted by Crippen LogP contribution is 2.02. The molecule has 0 saturated heterocycles. The molecule has 2 aromatic rings. The SMILES string of the molecule is CN(O)Cc1cnc2ccnn2c1. The molecular formula is C8H10N4O. The highest BCUT2D eigenvalue weighted by Gasteiger charge is 1.99. The van der Waals surface area contributed by atoms with E-state index in [1.807, 2.05) is 12.3 Å². The summed E-state index contributed by atoms with van der Waals surface area (Å²) in [6.45, 7) is 0.447. The predicted molar refractivity (Wildman–Crippen MR) is 46.2 cm³/mol. The maximum Gasteiger partial charge on any atom is 0.154 e. The first-order valence-corrected chi connectivity index (χ1v) is 3.94. The lowest BCUT2D eigenvalue weighted by Gasteiger charge is -2.06. The zero-order chi connectivity index (χ0) is 9.26. The molecule has 13 heavy (non-hydrogen) atoms. The number of rotatable bonds is 2. The summed E-state index contributed by atoms with van der Waals surface area (Å²) in [6, 6.07) is 1.83. The van der Waals surface area contributed by atoms with Gasteiger partial charge in [0.2, 0.25) is 0 Å². The summed E-state index contributed by atoms with van der Waals surface area (Å²) in [5, 5.41) is 14.1. The molecule has 0 saturated carbocycles. The van der Waals surface area contributed by atoms with Crippen molar-refractivity contribution in [2.75, 3.05) is 7.05 Å². The summed E-state index contributed by atoms with van der Waals surface area (Å²) >= 11 is 0. The Morgan fingerprint density at radius 2 is 2.46 bits per heavy atom. The zero-order valence-electron chi connectivity index (χ0n) is 7.25. The van der Waals surface area contributed by atoms with Crippen LogP contribution in [-0.4, -0.2) is 31.9 Å². The van der Waals surface area contributed by atoms with Crippen molar-refractivity contribution in [3.8, 4) is 0 Å². The minimum atomic E-state index is 0.447. The van der Waals surface area contributed by atoms with E-state index in [-0.39, 0.29) is 0 Å². The first-order chi connectivity index (χ1) is 6.25. The van der Waals surface area contributed by atoms with Crippen LogP contribution in [0.3, 0.4) is 0 Å². The van der Waals surface area contributed by atoms with Crippen LogP contribution in [0.15, 0.2) is 24.7 Å². The average molecular weight is 178 g/mol. The molecule has 0 spiro atoms. The maximum absolute atomic E-state index is 9.00. The van der Waals surface area contributed by atoms with Crippen LogP contribution in [0, 0.1) is 0 Å². The van der Waals surface area contributed by atoms with Gasteiger partial charge in [0.05, 0.1) is 12.7 Å². The number of hydroxylamine groups is 2. The fraction of sp³-hybridized carbons (Fsp3) is 0.250. The van der Waals surface area contributed by atoms with Gasteiger partial charge < -0.3 is 5.21 Å². The fourth-order valence-corrected chi connectivity index (χ4v) is 1.19. The van der Waals surface area contributed by atoms with Gasteiger partial charge in [-0.25, -0.2) is 9.50 Å². The van der Waals surface area contributed by atoms with Gasteiger partial charge in [-0.05, 0) is 0 Å². The summed E-state index contributed by atoms with van der Waals surface area (Å²) in [5.41, 5.74) is 1.73. The Balaban J connectivity index is 2.37. The van der Waals surface area contributed by atoms with Crippen molar-refractivity contribution in [2.24, 2.45) is 0 Å². The highest BCUT2D eigenvalue weighted by molar-refractivity contribution is 5.35. The van der Waals surface area contributed by atoms with Crippen LogP contribution >= 0.6 is 0 Å². The van der Waals surface area contributed by atoms with Crippen molar-refractivity contribution >= 4 is 5.65 Å². The van der Waals surface area contributed by atoms with Crippen LogP contribution in [0.2, 0.25) is 0 Å². The van der Waals surface area contributed by atoms with Gasteiger partial charge in [-0.1, -0.05) is 0 Å². The topological polar surface area (TPSA) is 53.7 Å². The number of hydrogen-bond acceptors (Lipinski definition) is 4. The zero-order valence-corrected chi connectivity index (χ0v) is 7.25. The van der Waals surface area contributed by atoms with Gasteiger partial charge in [0.15, 0.2) is 5.65 Å². The Kier molecular flexibility index (Phi) is 1.96. The second-order valence-corrected chi connectivity index (χ2v) is 2.91. The maximum atomic E-state index is 9.00. The second kappa shape index (κ2) is 3.12. The van der Waals surface area contributed by atoms with E-state index in [1.165, 1.54) is 0 Å². The van der Waals surface area contributed by atoms with Crippen molar-refractivity contribution in [1.82, 2.24) is 19.7 Å². The van der Waals surface area contributed by atoms with Crippen LogP contribution in [0.4, 0.5) is 0 Å². The lowest BCUT2D eigenvalue weighted by Crippen LogP contribution is -2.12. The van der Waals surface area contributed by atoms with Crippen LogP contribution in [0.25, 0.3) is 5.65 Å². The van der Waals surface area contributed by atoms with E-state index in [0.29, 0.717) is 6.54 Å². The molecule has 2 rings (SSSR count). The third-order valence-corrected chi connectivity index (χ3v) is 1.71. The molecule has 2 heterocycles. The van der Waals surface area contributed by atoms with E-state index in [0.717, 1.165) is 16.3 Å². The number of fused-ring (bicyclic) bond motifs is 1. The predicted octanol–water partition coefficient (Wildman–Crippen LogP) is 0.550. The summed E-state index contributed by atoms with van der Waals surface area (Å²) in [5.74, 6) is 0. The van der Waals surface area contributed by atoms with Gasteiger partial charge in [0.25, 0.3) is 0 Å². The average Bonchev–Trinajstić information content (AvgIpc) is 2.49. The van der Waals surface area contributed by atoms with Crippen molar-refractivity contribution in [1.29, 1.82) is 0 Å². The summed E-state index contributed by atoms with van der Waals surface area (Å²) < 4.78 is 1.68. The van der Waals surface area contributed by atoms with Gasteiger partial charge in [-0.15, -0.1) is 0 Å². The molecule has 5 nitrogen and oxygen atoms in total. The Morgan fingerprint density at radius 1 is 1.62 bits per heavy atom. The molecule has 0 bridgehead atoms. The van der Waals surface area contributed by atoms with Crippen LogP contribution in [0.1, 0.15) is 5.56 Å². The molecule has 0 fully saturated rings. The van der Waals surface area contributed by atoms with Gasteiger partial charge >= 0.3 is 0 Å². The molecule has 2 aromatic heterocycles. The summed E-state index contributed by atoms with van der Waals surface area (Å²) in [7, 11) is 1.59. The molecule has 0 aromatic carbocycles. The number of aromatic nitrogens is 3. The minimum Gasteiger partial charge on any atom is -0.314 e. The van der Waals surface area contributed by atoms with Crippen molar-refractivity contribution in [3.05, 3.63) is 30.2 Å². The van der Waals surface area contributed by atoms with Gasteiger partial charge in [-0.3, -0.25) is 0 Å². The van der Waals surface area contributed by atoms with Crippen molar-refractivity contribution in [3.63, 3.8) is 0 Å². The van der Waals surface area contributed by atoms with Crippen LogP contribution in [-0.2, 0) is 6.54 Å². The molecular weight excluding hydrogens is 168 g/mol. The Morgan fingerprint density at radius 3 is 3.23 bits per heavy atom. The first kappa shape index (κ1) is 8.15. The number of hydrogen-bond donors (Lipinski definition) is 1. The van der Waals surface area contributed by atoms with E-state index in [2.05, 4.69) is 10.1 Å². The first-order valence-electron chi connectivity index (χ1n) is 3.94. The summed E-state index contributed by atoms with van der Waals surface area (Å²) in [6.07, 6.45) is 5.26. The van der Waals surface area contributed by atoms with Crippen LogP contribution < -0.4 is 0 Å². The normalized spacial score (nSPS) is 11.3. The number of nitrogens with zero attached hydrogens (tertiary/aromatic N) is 4. The van der Waals surface area contributed by atoms with Crippen LogP contribution in [0.5, 0.6) is 0 Å². The Hall–Kier alpha value is -1.46. The molecule has 0 amide bonds. The molecule has 0 atom stereocenters. The highest BCUT2D eigenvalue weighted by atomic mass is 16.5. The minimum absolute atomic E-state index is 0.447. The molecule has 0 aliphatic carbocycles. The molecule has 0 aliphatic rings. The third kappa shape index (κ3) is 1.66. The molecule has 0 radical (unpaired) electrons. The van der Waals surface area contributed by atoms with Crippen molar-refractivity contribution in [2.45, 2.75) is 6.54 Å². The molecule has 68 valence electrons. The van der Waals surface area contributed by atoms with E-state index < -0.39 is 0 Å².